The Bertz CT molecular complexity index is 339. The molecule has 3 heteroatoms. The maximum absolute atomic E-state index is 6.04. The van der Waals surface area contributed by atoms with Crippen LogP contribution in [-0.2, 0) is 0 Å². The summed E-state index contributed by atoms with van der Waals surface area (Å²) in [7, 11) is 2.17. The molecule has 1 unspecified atom stereocenters. The van der Waals surface area contributed by atoms with Crippen LogP contribution in [0.1, 0.15) is 31.9 Å². The largest absolute Gasteiger partial charge is 0.371 e. The molecule has 0 amide bonds. The van der Waals surface area contributed by atoms with E-state index < -0.39 is 0 Å². The Balaban J connectivity index is 2.97. The summed E-state index contributed by atoms with van der Waals surface area (Å²) < 4.78 is 0. The highest BCUT2D eigenvalue weighted by Crippen LogP contribution is 2.26. The van der Waals surface area contributed by atoms with Crippen molar-refractivity contribution in [3.8, 4) is 0 Å². The molecule has 1 aromatic rings. The molecule has 0 aliphatic heterocycles. The molecule has 1 aromatic carbocycles. The van der Waals surface area contributed by atoms with Crippen molar-refractivity contribution in [3.05, 3.63) is 29.8 Å². The van der Waals surface area contributed by atoms with Gasteiger partial charge < -0.3 is 10.6 Å². The lowest BCUT2D eigenvalue weighted by molar-refractivity contribution is 0.666. The van der Waals surface area contributed by atoms with Gasteiger partial charge in [0.25, 0.3) is 0 Å². The number of nitrogens with zero attached hydrogens (tertiary/aromatic N) is 1. The lowest BCUT2D eigenvalue weighted by Crippen LogP contribution is -2.34. The van der Waals surface area contributed by atoms with Crippen LogP contribution in [0.4, 0.5) is 5.69 Å². The van der Waals surface area contributed by atoms with Crippen molar-refractivity contribution in [1.29, 1.82) is 0 Å². The predicted octanol–water partition coefficient (Wildman–Crippen LogP) is 3.28. The maximum Gasteiger partial charge on any atom is 0.0414 e. The Morgan fingerprint density at radius 2 is 2.00 bits per heavy atom. The van der Waals surface area contributed by atoms with E-state index in [2.05, 4.69) is 49.4 Å². The molecule has 2 N–H and O–H groups in total. The summed E-state index contributed by atoms with van der Waals surface area (Å²) in [4.78, 5) is 2.37. The van der Waals surface area contributed by atoms with Crippen molar-refractivity contribution in [2.75, 3.05) is 24.0 Å². The van der Waals surface area contributed by atoms with E-state index in [4.69, 9.17) is 5.73 Å². The fourth-order valence-corrected chi connectivity index (χ4v) is 2.93. The van der Waals surface area contributed by atoms with E-state index in [1.54, 1.807) is 0 Å². The standard InChI is InChI=1S/C14H24N2S/c1-5-12(10-17-4)16(3)14-9-7-6-8-13(14)11(2)15/h6-9,11-12H,5,10,15H2,1-4H3/t11-,12?/m0/s1. The van der Waals surface area contributed by atoms with Crippen molar-refractivity contribution in [1.82, 2.24) is 0 Å². The monoisotopic (exact) mass is 252 g/mol. The summed E-state index contributed by atoms with van der Waals surface area (Å²) in [5.74, 6) is 1.15. The number of benzene rings is 1. The Kier molecular flexibility index (Phi) is 5.86. The molecule has 0 saturated heterocycles. The van der Waals surface area contributed by atoms with Crippen LogP contribution in [0.5, 0.6) is 0 Å². The van der Waals surface area contributed by atoms with Crippen LogP contribution in [0, 0.1) is 0 Å². The summed E-state index contributed by atoms with van der Waals surface area (Å²) in [6.07, 6.45) is 3.32. The maximum atomic E-state index is 6.04. The number of hydrogen-bond donors (Lipinski definition) is 1. The van der Waals surface area contributed by atoms with Gasteiger partial charge in [0, 0.05) is 30.6 Å². The quantitative estimate of drug-likeness (QED) is 0.842. The minimum atomic E-state index is 0.0837. The molecule has 0 spiro atoms. The highest BCUT2D eigenvalue weighted by Gasteiger charge is 2.16. The molecule has 0 aliphatic carbocycles. The van der Waals surface area contributed by atoms with Crippen LogP contribution < -0.4 is 10.6 Å². The van der Waals surface area contributed by atoms with E-state index in [1.807, 2.05) is 18.7 Å². The number of anilines is 1. The van der Waals surface area contributed by atoms with Gasteiger partial charge in [0.1, 0.15) is 0 Å². The molecule has 0 aromatic heterocycles. The van der Waals surface area contributed by atoms with Crippen molar-refractivity contribution in [2.24, 2.45) is 5.73 Å². The van der Waals surface area contributed by atoms with Gasteiger partial charge in [-0.1, -0.05) is 25.1 Å². The van der Waals surface area contributed by atoms with Crippen LogP contribution in [0.25, 0.3) is 0 Å². The van der Waals surface area contributed by atoms with Crippen LogP contribution in [0.3, 0.4) is 0 Å². The van der Waals surface area contributed by atoms with Gasteiger partial charge in [-0.15, -0.1) is 0 Å². The number of rotatable bonds is 6. The Morgan fingerprint density at radius 3 is 2.53 bits per heavy atom. The second-order valence-corrected chi connectivity index (χ2v) is 5.39. The average molecular weight is 252 g/mol. The van der Waals surface area contributed by atoms with E-state index in [-0.39, 0.29) is 6.04 Å². The Hall–Kier alpha value is -0.670. The van der Waals surface area contributed by atoms with Gasteiger partial charge in [0.05, 0.1) is 0 Å². The molecule has 0 aliphatic rings. The van der Waals surface area contributed by atoms with E-state index >= 15 is 0 Å². The van der Waals surface area contributed by atoms with E-state index in [1.165, 1.54) is 11.3 Å². The molecule has 2 nitrogen and oxygen atoms in total. The van der Waals surface area contributed by atoms with Crippen LogP contribution in [0.2, 0.25) is 0 Å². The molecule has 96 valence electrons. The van der Waals surface area contributed by atoms with Gasteiger partial charge in [-0.25, -0.2) is 0 Å². The molecule has 0 saturated carbocycles. The third kappa shape index (κ3) is 3.65. The van der Waals surface area contributed by atoms with E-state index in [0.29, 0.717) is 6.04 Å². The lowest BCUT2D eigenvalue weighted by Gasteiger charge is -2.31. The van der Waals surface area contributed by atoms with Gasteiger partial charge in [-0.2, -0.15) is 11.8 Å². The van der Waals surface area contributed by atoms with E-state index in [9.17, 15) is 0 Å². The Labute approximate surface area is 110 Å². The highest BCUT2D eigenvalue weighted by molar-refractivity contribution is 7.98. The van der Waals surface area contributed by atoms with Crippen LogP contribution in [-0.4, -0.2) is 25.1 Å². The second-order valence-electron chi connectivity index (χ2n) is 4.48. The van der Waals surface area contributed by atoms with Crippen molar-refractivity contribution in [3.63, 3.8) is 0 Å². The SMILES string of the molecule is CCC(CSC)N(C)c1ccccc1[C@H](C)N. The molecule has 0 fully saturated rings. The summed E-state index contributed by atoms with van der Waals surface area (Å²) in [6, 6.07) is 9.10. The fourth-order valence-electron chi connectivity index (χ4n) is 2.09. The van der Waals surface area contributed by atoms with Crippen molar-refractivity contribution in [2.45, 2.75) is 32.4 Å². The van der Waals surface area contributed by atoms with Gasteiger partial charge >= 0.3 is 0 Å². The smallest absolute Gasteiger partial charge is 0.0414 e. The van der Waals surface area contributed by atoms with Gasteiger partial charge in [-0.3, -0.25) is 0 Å². The number of nitrogens with two attached hydrogens (primary N) is 1. The number of thioether (sulfide) groups is 1. The third-order valence-corrected chi connectivity index (χ3v) is 3.90. The molecular weight excluding hydrogens is 228 g/mol. The fraction of sp³-hybridized carbons (Fsp3) is 0.571. The van der Waals surface area contributed by atoms with Crippen LogP contribution >= 0.6 is 11.8 Å². The van der Waals surface area contributed by atoms with Gasteiger partial charge in [0.15, 0.2) is 0 Å². The summed E-state index contributed by atoms with van der Waals surface area (Å²) in [6.45, 7) is 4.29. The molecule has 0 bridgehead atoms. The van der Waals surface area contributed by atoms with Gasteiger partial charge in [0.2, 0.25) is 0 Å². The first-order chi connectivity index (χ1) is 8.11. The normalized spacial score (nSPS) is 14.4. The zero-order valence-corrected chi connectivity index (χ0v) is 12.1. The molecule has 1 rings (SSSR count). The molecule has 0 heterocycles. The summed E-state index contributed by atoms with van der Waals surface area (Å²) in [5.41, 5.74) is 8.53. The van der Waals surface area contributed by atoms with E-state index in [0.717, 1.165) is 12.2 Å². The van der Waals surface area contributed by atoms with Gasteiger partial charge in [-0.05, 0) is 31.2 Å². The summed E-state index contributed by atoms with van der Waals surface area (Å²) in [5, 5.41) is 0. The predicted molar refractivity (Wildman–Crippen MR) is 79.9 cm³/mol. The topological polar surface area (TPSA) is 29.3 Å². The third-order valence-electron chi connectivity index (χ3n) is 3.19. The minimum absolute atomic E-state index is 0.0837. The first-order valence-corrected chi connectivity index (χ1v) is 7.57. The Morgan fingerprint density at radius 1 is 1.35 bits per heavy atom. The molecule has 0 radical (unpaired) electrons. The van der Waals surface area contributed by atoms with Crippen molar-refractivity contribution < 1.29 is 0 Å². The zero-order chi connectivity index (χ0) is 12.8. The lowest BCUT2D eigenvalue weighted by atomic mass is 10.0. The molecule has 17 heavy (non-hydrogen) atoms. The minimum Gasteiger partial charge on any atom is -0.371 e. The first kappa shape index (κ1) is 14.4. The average Bonchev–Trinajstić information content (AvgIpc) is 2.35. The first-order valence-electron chi connectivity index (χ1n) is 6.18. The summed E-state index contributed by atoms with van der Waals surface area (Å²) >= 11 is 1.90. The number of hydrogen-bond acceptors (Lipinski definition) is 3. The number of para-hydroxylation sites is 1. The zero-order valence-electron chi connectivity index (χ0n) is 11.3. The second kappa shape index (κ2) is 6.92. The van der Waals surface area contributed by atoms with Crippen molar-refractivity contribution >= 4 is 17.4 Å². The molecule has 2 atom stereocenters. The van der Waals surface area contributed by atoms with Crippen LogP contribution in [0.15, 0.2) is 24.3 Å². The molecular formula is C14H24N2S. The highest BCUT2D eigenvalue weighted by atomic mass is 32.2.